The van der Waals surface area contributed by atoms with Gasteiger partial charge in [-0.3, -0.25) is 9.59 Å². The van der Waals surface area contributed by atoms with Crippen LogP contribution in [0, 0.1) is 5.92 Å². The number of carbonyl (C=O) groups is 2. The van der Waals surface area contributed by atoms with Gasteiger partial charge in [-0.05, 0) is 38.5 Å². The molecule has 0 aromatic carbocycles. The highest BCUT2D eigenvalue weighted by molar-refractivity contribution is 5.89. The van der Waals surface area contributed by atoms with Gasteiger partial charge in [-0.25, -0.2) is 0 Å². The van der Waals surface area contributed by atoms with E-state index < -0.39 is 0 Å². The molecule has 3 rings (SSSR count). The molecule has 2 unspecified atom stereocenters. The van der Waals surface area contributed by atoms with Gasteiger partial charge in [-0.2, -0.15) is 0 Å². The molecule has 22 heavy (non-hydrogen) atoms. The van der Waals surface area contributed by atoms with Crippen molar-refractivity contribution in [3.8, 4) is 0 Å². The zero-order valence-electron chi connectivity index (χ0n) is 13.6. The minimum Gasteiger partial charge on any atom is -0.381 e. The van der Waals surface area contributed by atoms with E-state index in [1.807, 2.05) is 4.90 Å². The topological polar surface area (TPSA) is 49.9 Å². The number of likely N-dealkylation sites (tertiary alicyclic amines) is 2. The van der Waals surface area contributed by atoms with Crippen LogP contribution in [-0.2, 0) is 14.3 Å². The van der Waals surface area contributed by atoms with Gasteiger partial charge in [-0.1, -0.05) is 6.92 Å². The van der Waals surface area contributed by atoms with Crippen molar-refractivity contribution in [2.75, 3.05) is 26.3 Å². The fraction of sp³-hybridized carbons (Fsp3) is 0.882. The van der Waals surface area contributed by atoms with Crippen LogP contribution < -0.4 is 0 Å². The molecule has 0 aromatic rings. The SMILES string of the molecule is CCC1CCCCN1C(=O)C1CC(=O)N(C2CCOCC2)C1. The normalized spacial score (nSPS) is 30.9. The fourth-order valence-electron chi connectivity index (χ4n) is 4.20. The van der Waals surface area contributed by atoms with Crippen molar-refractivity contribution in [1.29, 1.82) is 0 Å². The monoisotopic (exact) mass is 308 g/mol. The molecule has 0 saturated carbocycles. The number of amides is 2. The van der Waals surface area contributed by atoms with E-state index in [9.17, 15) is 9.59 Å². The van der Waals surface area contributed by atoms with Gasteiger partial charge in [0.2, 0.25) is 11.8 Å². The molecule has 0 aliphatic carbocycles. The van der Waals surface area contributed by atoms with E-state index in [0.29, 0.717) is 19.0 Å². The number of nitrogens with zero attached hydrogens (tertiary/aromatic N) is 2. The second kappa shape index (κ2) is 6.99. The van der Waals surface area contributed by atoms with E-state index in [1.165, 1.54) is 6.42 Å². The minimum atomic E-state index is -0.123. The van der Waals surface area contributed by atoms with E-state index in [2.05, 4.69) is 11.8 Å². The Morgan fingerprint density at radius 3 is 2.73 bits per heavy atom. The lowest BCUT2D eigenvalue weighted by molar-refractivity contribution is -0.139. The van der Waals surface area contributed by atoms with E-state index in [0.717, 1.165) is 51.9 Å². The van der Waals surface area contributed by atoms with Gasteiger partial charge in [0.1, 0.15) is 0 Å². The first-order chi connectivity index (χ1) is 10.7. The highest BCUT2D eigenvalue weighted by atomic mass is 16.5. The Bertz CT molecular complexity index is 420. The summed E-state index contributed by atoms with van der Waals surface area (Å²) < 4.78 is 5.38. The van der Waals surface area contributed by atoms with Crippen molar-refractivity contribution >= 4 is 11.8 Å². The molecule has 3 aliphatic heterocycles. The van der Waals surface area contributed by atoms with Gasteiger partial charge in [-0.15, -0.1) is 0 Å². The first kappa shape index (κ1) is 15.8. The van der Waals surface area contributed by atoms with Crippen LogP contribution in [-0.4, -0.2) is 60.0 Å². The Labute approximate surface area is 133 Å². The maximum atomic E-state index is 12.9. The molecular weight excluding hydrogens is 280 g/mol. The summed E-state index contributed by atoms with van der Waals surface area (Å²) >= 11 is 0. The summed E-state index contributed by atoms with van der Waals surface area (Å²) in [5.41, 5.74) is 0. The van der Waals surface area contributed by atoms with Gasteiger partial charge in [0.25, 0.3) is 0 Å². The van der Waals surface area contributed by atoms with Gasteiger partial charge >= 0.3 is 0 Å². The van der Waals surface area contributed by atoms with E-state index in [-0.39, 0.29) is 23.8 Å². The van der Waals surface area contributed by atoms with Crippen LogP contribution in [0.15, 0.2) is 0 Å². The Kier molecular flexibility index (Phi) is 5.01. The number of rotatable bonds is 3. The minimum absolute atomic E-state index is 0.123. The molecule has 0 N–H and O–H groups in total. The molecule has 124 valence electrons. The maximum absolute atomic E-state index is 12.9. The third-order valence-corrected chi connectivity index (χ3v) is 5.52. The lowest BCUT2D eigenvalue weighted by Crippen LogP contribution is -2.47. The summed E-state index contributed by atoms with van der Waals surface area (Å²) in [6.07, 6.45) is 6.69. The number of hydrogen-bond acceptors (Lipinski definition) is 3. The Balaban J connectivity index is 1.62. The molecule has 2 amide bonds. The molecule has 0 spiro atoms. The second-order valence-electron chi connectivity index (χ2n) is 6.88. The average Bonchev–Trinajstić information content (AvgIpc) is 2.97. The molecule has 3 fully saturated rings. The maximum Gasteiger partial charge on any atom is 0.228 e. The van der Waals surface area contributed by atoms with Gasteiger partial charge in [0.05, 0.1) is 5.92 Å². The molecule has 0 radical (unpaired) electrons. The van der Waals surface area contributed by atoms with Crippen molar-refractivity contribution in [2.24, 2.45) is 5.92 Å². The third kappa shape index (κ3) is 3.14. The Morgan fingerprint density at radius 2 is 2.00 bits per heavy atom. The molecule has 2 atom stereocenters. The molecule has 3 heterocycles. The van der Waals surface area contributed by atoms with Crippen LogP contribution >= 0.6 is 0 Å². The quantitative estimate of drug-likeness (QED) is 0.799. The van der Waals surface area contributed by atoms with Crippen LogP contribution in [0.5, 0.6) is 0 Å². The first-order valence-electron chi connectivity index (χ1n) is 8.88. The lowest BCUT2D eigenvalue weighted by Gasteiger charge is -2.37. The first-order valence-corrected chi connectivity index (χ1v) is 8.88. The predicted octanol–water partition coefficient (Wildman–Crippen LogP) is 1.80. The highest BCUT2D eigenvalue weighted by Crippen LogP contribution is 2.29. The van der Waals surface area contributed by atoms with Crippen LogP contribution in [0.1, 0.15) is 51.9 Å². The van der Waals surface area contributed by atoms with E-state index in [4.69, 9.17) is 4.74 Å². The highest BCUT2D eigenvalue weighted by Gasteiger charge is 2.41. The number of piperidine rings is 1. The largest absolute Gasteiger partial charge is 0.381 e. The molecule has 5 nitrogen and oxygen atoms in total. The number of hydrogen-bond donors (Lipinski definition) is 0. The molecule has 0 bridgehead atoms. The summed E-state index contributed by atoms with van der Waals surface area (Å²) in [5.74, 6) is 0.257. The lowest BCUT2D eigenvalue weighted by atomic mass is 9.97. The summed E-state index contributed by atoms with van der Waals surface area (Å²) in [6, 6.07) is 0.663. The van der Waals surface area contributed by atoms with Crippen molar-refractivity contribution in [2.45, 2.75) is 64.0 Å². The van der Waals surface area contributed by atoms with Crippen molar-refractivity contribution in [3.05, 3.63) is 0 Å². The van der Waals surface area contributed by atoms with Crippen molar-refractivity contribution < 1.29 is 14.3 Å². The molecule has 3 aliphatic rings. The third-order valence-electron chi connectivity index (χ3n) is 5.52. The smallest absolute Gasteiger partial charge is 0.228 e. The van der Waals surface area contributed by atoms with Crippen LogP contribution in [0.2, 0.25) is 0 Å². The van der Waals surface area contributed by atoms with Gasteiger partial charge in [0.15, 0.2) is 0 Å². The summed E-state index contributed by atoms with van der Waals surface area (Å²) in [7, 11) is 0. The number of ether oxygens (including phenoxy) is 1. The van der Waals surface area contributed by atoms with Gasteiger partial charge in [0, 0.05) is 44.8 Å². The average molecular weight is 308 g/mol. The Hall–Kier alpha value is -1.10. The summed E-state index contributed by atoms with van der Waals surface area (Å²) in [4.78, 5) is 29.2. The Morgan fingerprint density at radius 1 is 1.23 bits per heavy atom. The summed E-state index contributed by atoms with van der Waals surface area (Å²) in [6.45, 7) is 5.12. The van der Waals surface area contributed by atoms with Crippen molar-refractivity contribution in [1.82, 2.24) is 9.80 Å². The van der Waals surface area contributed by atoms with Crippen LogP contribution in [0.3, 0.4) is 0 Å². The zero-order valence-corrected chi connectivity index (χ0v) is 13.6. The predicted molar refractivity (Wildman–Crippen MR) is 83.3 cm³/mol. The molecular formula is C17H28N2O3. The van der Waals surface area contributed by atoms with Gasteiger partial charge < -0.3 is 14.5 Å². The van der Waals surface area contributed by atoms with Crippen LogP contribution in [0.4, 0.5) is 0 Å². The molecule has 3 saturated heterocycles. The van der Waals surface area contributed by atoms with Crippen LogP contribution in [0.25, 0.3) is 0 Å². The fourth-order valence-corrected chi connectivity index (χ4v) is 4.20. The molecule has 0 aromatic heterocycles. The zero-order chi connectivity index (χ0) is 15.5. The summed E-state index contributed by atoms with van der Waals surface area (Å²) in [5, 5.41) is 0. The second-order valence-corrected chi connectivity index (χ2v) is 6.88. The van der Waals surface area contributed by atoms with Crippen molar-refractivity contribution in [3.63, 3.8) is 0 Å². The molecule has 5 heteroatoms. The van der Waals surface area contributed by atoms with E-state index >= 15 is 0 Å². The standard InChI is InChI=1S/C17H28N2O3/c1-2-14-5-3-4-8-18(14)17(21)13-11-16(20)19(12-13)15-6-9-22-10-7-15/h13-15H,2-12H2,1H3. The number of carbonyl (C=O) groups excluding carboxylic acids is 2. The van der Waals surface area contributed by atoms with E-state index in [1.54, 1.807) is 0 Å².